The predicted molar refractivity (Wildman–Crippen MR) is 144 cm³/mol. The Bertz CT molecular complexity index is 1840. The summed E-state index contributed by atoms with van der Waals surface area (Å²) < 4.78 is 6.22. The smallest absolute Gasteiger partial charge is 0.173 e. The average Bonchev–Trinajstić information content (AvgIpc) is 3.32. The number of benzene rings is 4. The van der Waals surface area contributed by atoms with Crippen molar-refractivity contribution in [3.63, 3.8) is 0 Å². The molecule has 0 fully saturated rings. The molecule has 3 heterocycles. The van der Waals surface area contributed by atoms with Crippen LogP contribution in [0.5, 0.6) is 0 Å². The van der Waals surface area contributed by atoms with Gasteiger partial charge in [0, 0.05) is 33.7 Å². The second-order valence-corrected chi connectivity index (χ2v) is 8.86. The highest BCUT2D eigenvalue weighted by atomic mass is 35.5. The van der Waals surface area contributed by atoms with Gasteiger partial charge >= 0.3 is 0 Å². The average molecular weight is 485 g/mol. The molecule has 0 bridgehead atoms. The second kappa shape index (κ2) is 8.26. The zero-order chi connectivity index (χ0) is 24.1. The summed E-state index contributed by atoms with van der Waals surface area (Å²) in [5, 5.41) is 4.27. The molecule has 0 saturated heterocycles. The van der Waals surface area contributed by atoms with Crippen LogP contribution in [0.4, 0.5) is 0 Å². The van der Waals surface area contributed by atoms with Gasteiger partial charge in [0.25, 0.3) is 0 Å². The Hall–Kier alpha value is -4.61. The maximum atomic E-state index is 6.52. The summed E-state index contributed by atoms with van der Waals surface area (Å²) in [6, 6.07) is 32.1. The monoisotopic (exact) mass is 484 g/mol. The molecule has 0 aliphatic rings. The molecular formula is C30H17ClN4O. The molecular weight excluding hydrogens is 468 g/mol. The topological polar surface area (TPSA) is 64.7 Å². The van der Waals surface area contributed by atoms with E-state index in [2.05, 4.69) is 23.2 Å². The summed E-state index contributed by atoms with van der Waals surface area (Å²) in [4.78, 5) is 19.0. The number of aromatic nitrogens is 4. The molecule has 0 spiro atoms. The van der Waals surface area contributed by atoms with Crippen LogP contribution in [0.15, 0.2) is 108 Å². The Kier molecular flexibility index (Phi) is 4.76. The van der Waals surface area contributed by atoms with Gasteiger partial charge in [0.05, 0.1) is 0 Å². The quantitative estimate of drug-likeness (QED) is 0.238. The lowest BCUT2D eigenvalue weighted by molar-refractivity contribution is 0.667. The molecule has 36 heavy (non-hydrogen) atoms. The zero-order valence-electron chi connectivity index (χ0n) is 18.9. The minimum atomic E-state index is 0.301. The van der Waals surface area contributed by atoms with Crippen LogP contribution >= 0.6 is 11.6 Å². The minimum absolute atomic E-state index is 0.301. The summed E-state index contributed by atoms with van der Waals surface area (Å²) in [7, 11) is 0. The van der Waals surface area contributed by atoms with E-state index in [-0.39, 0.29) is 0 Å². The van der Waals surface area contributed by atoms with E-state index in [0.29, 0.717) is 28.2 Å². The molecule has 6 heteroatoms. The van der Waals surface area contributed by atoms with E-state index in [1.54, 1.807) is 6.20 Å². The summed E-state index contributed by atoms with van der Waals surface area (Å²) in [6.45, 7) is 0. The molecule has 0 saturated carbocycles. The van der Waals surface area contributed by atoms with Gasteiger partial charge in [-0.2, -0.15) is 0 Å². The molecule has 7 rings (SSSR count). The van der Waals surface area contributed by atoms with E-state index < -0.39 is 0 Å². The van der Waals surface area contributed by atoms with Crippen molar-refractivity contribution in [1.29, 1.82) is 0 Å². The van der Waals surface area contributed by atoms with Gasteiger partial charge in [-0.3, -0.25) is 0 Å². The third kappa shape index (κ3) is 3.41. The normalized spacial score (nSPS) is 11.5. The molecule has 0 amide bonds. The van der Waals surface area contributed by atoms with Crippen molar-refractivity contribution in [2.75, 3.05) is 0 Å². The van der Waals surface area contributed by atoms with Gasteiger partial charge in [0.2, 0.25) is 0 Å². The molecule has 0 aliphatic carbocycles. The van der Waals surface area contributed by atoms with Crippen LogP contribution in [0, 0.1) is 0 Å². The lowest BCUT2D eigenvalue weighted by atomic mass is 10.0. The third-order valence-corrected chi connectivity index (χ3v) is 6.53. The number of rotatable bonds is 3. The van der Waals surface area contributed by atoms with Crippen molar-refractivity contribution in [1.82, 2.24) is 19.9 Å². The molecule has 5 nitrogen and oxygen atoms in total. The van der Waals surface area contributed by atoms with Gasteiger partial charge in [0.1, 0.15) is 5.58 Å². The van der Waals surface area contributed by atoms with Crippen molar-refractivity contribution in [2.45, 2.75) is 0 Å². The van der Waals surface area contributed by atoms with Crippen molar-refractivity contribution in [3.05, 3.63) is 108 Å². The molecule has 3 aromatic heterocycles. The number of halogens is 1. The highest BCUT2D eigenvalue weighted by molar-refractivity contribution is 6.35. The molecule has 0 radical (unpaired) electrons. The highest BCUT2D eigenvalue weighted by Crippen LogP contribution is 2.40. The molecule has 4 aromatic carbocycles. The second-order valence-electron chi connectivity index (χ2n) is 8.50. The maximum absolute atomic E-state index is 6.52. The van der Waals surface area contributed by atoms with E-state index in [0.717, 1.165) is 43.8 Å². The number of hydrogen-bond donors (Lipinski definition) is 0. The number of nitrogens with zero attached hydrogens (tertiary/aromatic N) is 4. The van der Waals surface area contributed by atoms with E-state index in [9.17, 15) is 0 Å². The van der Waals surface area contributed by atoms with Crippen LogP contribution in [0.3, 0.4) is 0 Å². The SMILES string of the molecule is Clc1ncc(-c2nc(-c3ccccc3)nc(-c3ccccc3)n2)c2c1oc1cc3ccccc3cc12. The fourth-order valence-electron chi connectivity index (χ4n) is 4.54. The Morgan fingerprint density at radius 3 is 1.81 bits per heavy atom. The van der Waals surface area contributed by atoms with E-state index in [1.807, 2.05) is 78.9 Å². The fourth-order valence-corrected chi connectivity index (χ4v) is 4.72. The standard InChI is InChI=1S/C30H17ClN4O/c31-27-26-25(22-15-20-13-7-8-14-21(20)16-24(22)36-26)23(17-32-27)30-34-28(18-9-3-1-4-10-18)33-29(35-30)19-11-5-2-6-12-19/h1-17H. The van der Waals surface area contributed by atoms with Gasteiger partial charge in [-0.1, -0.05) is 96.5 Å². The Balaban J connectivity index is 1.55. The van der Waals surface area contributed by atoms with Gasteiger partial charge in [-0.25, -0.2) is 19.9 Å². The molecule has 7 aromatic rings. The Morgan fingerprint density at radius 1 is 0.611 bits per heavy atom. The molecule has 0 unspecified atom stereocenters. The van der Waals surface area contributed by atoms with E-state index in [1.165, 1.54) is 0 Å². The maximum Gasteiger partial charge on any atom is 0.173 e. The van der Waals surface area contributed by atoms with Crippen LogP contribution in [-0.2, 0) is 0 Å². The molecule has 0 aliphatic heterocycles. The summed E-state index contributed by atoms with van der Waals surface area (Å²) in [6.07, 6.45) is 1.72. The van der Waals surface area contributed by atoms with E-state index >= 15 is 0 Å². The summed E-state index contributed by atoms with van der Waals surface area (Å²) >= 11 is 6.52. The zero-order valence-corrected chi connectivity index (χ0v) is 19.6. The number of hydrogen-bond acceptors (Lipinski definition) is 5. The van der Waals surface area contributed by atoms with Gasteiger partial charge in [-0.05, 0) is 22.9 Å². The van der Waals surface area contributed by atoms with Crippen LogP contribution in [0.25, 0.3) is 66.9 Å². The first-order valence-corrected chi connectivity index (χ1v) is 11.9. The van der Waals surface area contributed by atoms with Crippen molar-refractivity contribution < 1.29 is 4.42 Å². The van der Waals surface area contributed by atoms with Crippen molar-refractivity contribution in [2.24, 2.45) is 0 Å². The first-order chi connectivity index (χ1) is 17.7. The lowest BCUT2D eigenvalue weighted by Crippen LogP contribution is -2.00. The van der Waals surface area contributed by atoms with Crippen LogP contribution < -0.4 is 0 Å². The van der Waals surface area contributed by atoms with Gasteiger partial charge < -0.3 is 4.42 Å². The highest BCUT2D eigenvalue weighted by Gasteiger charge is 2.20. The minimum Gasteiger partial charge on any atom is -0.453 e. The number of pyridine rings is 1. The first-order valence-electron chi connectivity index (χ1n) is 11.5. The Morgan fingerprint density at radius 2 is 1.17 bits per heavy atom. The predicted octanol–water partition coefficient (Wildman–Crippen LogP) is 7.97. The van der Waals surface area contributed by atoms with Crippen molar-refractivity contribution >= 4 is 44.3 Å². The summed E-state index contributed by atoms with van der Waals surface area (Å²) in [5.74, 6) is 1.68. The lowest BCUT2D eigenvalue weighted by Gasteiger charge is -2.09. The number of fused-ring (bicyclic) bond motifs is 4. The van der Waals surface area contributed by atoms with Crippen LogP contribution in [-0.4, -0.2) is 19.9 Å². The van der Waals surface area contributed by atoms with E-state index in [4.69, 9.17) is 31.0 Å². The largest absolute Gasteiger partial charge is 0.453 e. The fraction of sp³-hybridized carbons (Fsp3) is 0. The first kappa shape index (κ1) is 20.7. The van der Waals surface area contributed by atoms with Crippen LogP contribution in [0.1, 0.15) is 0 Å². The number of furan rings is 1. The molecule has 170 valence electrons. The third-order valence-electron chi connectivity index (χ3n) is 6.26. The molecule has 0 atom stereocenters. The summed E-state index contributed by atoms with van der Waals surface area (Å²) in [5.41, 5.74) is 3.79. The Labute approximate surface area is 211 Å². The molecule has 0 N–H and O–H groups in total. The van der Waals surface area contributed by atoms with Crippen LogP contribution in [0.2, 0.25) is 5.15 Å². The van der Waals surface area contributed by atoms with Gasteiger partial charge in [0.15, 0.2) is 28.2 Å². The van der Waals surface area contributed by atoms with Gasteiger partial charge in [-0.15, -0.1) is 0 Å². The van der Waals surface area contributed by atoms with Crippen molar-refractivity contribution in [3.8, 4) is 34.2 Å².